The van der Waals surface area contributed by atoms with Gasteiger partial charge in [0.05, 0.1) is 24.6 Å². The molecular formula is C46H46BrN7O15P2. The molecule has 3 aliphatic rings. The van der Waals surface area contributed by atoms with Gasteiger partial charge in [-0.2, -0.15) is 0 Å². The number of aromatic hydroxyl groups is 2. The van der Waals surface area contributed by atoms with E-state index in [1.807, 2.05) is 0 Å². The molecule has 5 heterocycles. The quantitative estimate of drug-likeness (QED) is 0.0210. The van der Waals surface area contributed by atoms with Crippen molar-refractivity contribution in [3.63, 3.8) is 0 Å². The van der Waals surface area contributed by atoms with Gasteiger partial charge in [-0.3, -0.25) is 23.3 Å². The Morgan fingerprint density at radius 1 is 0.831 bits per heavy atom. The second-order valence-electron chi connectivity index (χ2n) is 17.1. The molecule has 25 heteroatoms. The van der Waals surface area contributed by atoms with Crippen molar-refractivity contribution in [1.82, 2.24) is 30.2 Å². The number of anilines is 1. The summed E-state index contributed by atoms with van der Waals surface area (Å²) >= 11 is 3.32. The topological polar surface area (TPSA) is 323 Å². The normalized spacial score (nSPS) is 18.5. The molecule has 1 saturated heterocycles. The number of phenolic OH excluding ortho intramolecular Hbond substituents is 2. The average molecular weight is 1080 g/mol. The average Bonchev–Trinajstić information content (AvgIpc) is 4.00. The number of ether oxygens (including phenoxy) is 3. The lowest BCUT2D eigenvalue weighted by Gasteiger charge is -2.36. The van der Waals surface area contributed by atoms with Crippen molar-refractivity contribution in [1.29, 1.82) is 0 Å². The summed E-state index contributed by atoms with van der Waals surface area (Å²) in [5, 5.41) is 40.0. The highest BCUT2D eigenvalue weighted by Crippen LogP contribution is 2.58. The van der Waals surface area contributed by atoms with Crippen molar-refractivity contribution in [3.8, 4) is 23.0 Å². The van der Waals surface area contributed by atoms with Gasteiger partial charge in [0, 0.05) is 66.0 Å². The summed E-state index contributed by atoms with van der Waals surface area (Å²) in [7, 11) is -9.49. The fourth-order valence-electron chi connectivity index (χ4n) is 8.74. The molecule has 71 heavy (non-hydrogen) atoms. The Hall–Kier alpha value is -6.26. The molecule has 9 N–H and O–H groups in total. The van der Waals surface area contributed by atoms with Crippen LogP contribution in [0, 0.1) is 0 Å². The van der Waals surface area contributed by atoms with Crippen LogP contribution in [0.25, 0.3) is 11.2 Å². The number of unbranched alkanes of at least 4 members (excludes halogenated alkanes) is 3. The molecule has 2 amide bonds. The highest BCUT2D eigenvalue weighted by atomic mass is 79.9. The summed E-state index contributed by atoms with van der Waals surface area (Å²) in [6, 6.07) is 20.8. The predicted molar refractivity (Wildman–Crippen MR) is 255 cm³/mol. The minimum Gasteiger partial charge on any atom is -0.508 e. The first-order chi connectivity index (χ1) is 33.9. The van der Waals surface area contributed by atoms with Crippen LogP contribution in [-0.2, 0) is 35.3 Å². The van der Waals surface area contributed by atoms with Crippen molar-refractivity contribution in [2.45, 2.75) is 62.7 Å². The number of nitrogens with one attached hydrogen (secondary N) is 3. The third-order valence-corrected chi connectivity index (χ3v) is 15.9. The third-order valence-electron chi connectivity index (χ3n) is 12.1. The zero-order valence-corrected chi connectivity index (χ0v) is 40.7. The van der Waals surface area contributed by atoms with Crippen molar-refractivity contribution in [3.05, 3.63) is 129 Å². The lowest BCUT2D eigenvalue weighted by molar-refractivity contribution is -0.0395. The number of halogens is 1. The number of imidazole rings is 1. The molecule has 1 fully saturated rings. The number of nitrogens with zero attached hydrogens (tertiary/aromatic N) is 4. The van der Waals surface area contributed by atoms with E-state index in [9.17, 15) is 43.7 Å². The van der Waals surface area contributed by atoms with E-state index in [0.717, 1.165) is 24.8 Å². The summed E-state index contributed by atoms with van der Waals surface area (Å²) in [6.07, 6.45) is 1.49. The van der Waals surface area contributed by atoms with Crippen LogP contribution >= 0.6 is 31.1 Å². The third kappa shape index (κ3) is 10.7. The number of rotatable bonds is 18. The molecule has 3 aliphatic heterocycles. The summed E-state index contributed by atoms with van der Waals surface area (Å²) < 4.78 is 47.9. The maximum Gasteiger partial charge on any atom is 0.340 e. The van der Waals surface area contributed by atoms with Crippen LogP contribution in [0.2, 0.25) is 0 Å². The fraction of sp³-hybridized carbons (Fsp3) is 0.304. The van der Waals surface area contributed by atoms with Crippen LogP contribution in [-0.4, -0.2) is 105 Å². The summed E-state index contributed by atoms with van der Waals surface area (Å²) in [6.45, 7) is 0.581. The van der Waals surface area contributed by atoms with Gasteiger partial charge in [-0.05, 0) is 82.9 Å². The number of esters is 1. The number of amides is 2. The zero-order chi connectivity index (χ0) is 50.2. The maximum absolute atomic E-state index is 13.4. The lowest BCUT2D eigenvalue weighted by atomic mass is 9.77. The zero-order valence-electron chi connectivity index (χ0n) is 37.3. The standard InChI is InChI=1S/C46H46BrN7O15P2/c47-45-52-40(39-41(53-45)54(23-51-39)38-20-34(57)37(68-38)22-66-71(64,65)24-70(61,62)63)50-21-25-5-7-26(8-6-25)42(58)48-15-3-1-2-4-16-49-43(59)27-9-12-31-30(17-27)44(60)69-46(31)32-13-10-28(55)18-35(32)67-36-19-29(56)11-14-33(36)46/h5-14,17-19,23,34,37-38,55-57H,1-4,15-16,20-22,24H2,(H,48,58)(H,49,59)(H,64,65)(H,50,52,53)(H2,61,62,63)/t34-,37-,38-/m1/s1. The van der Waals surface area contributed by atoms with Crippen molar-refractivity contribution >= 4 is 65.9 Å². The van der Waals surface area contributed by atoms with E-state index in [1.165, 1.54) is 36.7 Å². The Kier molecular flexibility index (Phi) is 14.1. The second-order valence-corrected chi connectivity index (χ2v) is 21.8. The van der Waals surface area contributed by atoms with E-state index < -0.39 is 57.7 Å². The Morgan fingerprint density at radius 3 is 2.10 bits per heavy atom. The molecule has 0 aliphatic carbocycles. The van der Waals surface area contributed by atoms with Crippen LogP contribution in [0.15, 0.2) is 89.9 Å². The van der Waals surface area contributed by atoms with Gasteiger partial charge in [-0.15, -0.1) is 0 Å². The van der Waals surface area contributed by atoms with Gasteiger partial charge in [0.15, 0.2) is 28.5 Å². The van der Waals surface area contributed by atoms with Crippen molar-refractivity contribution < 1.29 is 72.2 Å². The van der Waals surface area contributed by atoms with E-state index >= 15 is 0 Å². The molecule has 4 aromatic carbocycles. The highest BCUT2D eigenvalue weighted by Gasteiger charge is 2.54. The largest absolute Gasteiger partial charge is 0.508 e. The summed E-state index contributed by atoms with van der Waals surface area (Å²) in [5.74, 6) is -1.79. The number of aliphatic hydroxyl groups excluding tert-OH is 1. The Morgan fingerprint density at radius 2 is 1.45 bits per heavy atom. The monoisotopic (exact) mass is 1080 g/mol. The minimum absolute atomic E-state index is 0.0392. The van der Waals surface area contributed by atoms with E-state index in [0.29, 0.717) is 65.3 Å². The number of hydrogen-bond donors (Lipinski definition) is 9. The van der Waals surface area contributed by atoms with Gasteiger partial charge >= 0.3 is 21.2 Å². The lowest BCUT2D eigenvalue weighted by Crippen LogP contribution is -2.33. The Labute approximate surface area is 412 Å². The predicted octanol–water partition coefficient (Wildman–Crippen LogP) is 5.89. The molecule has 9 rings (SSSR count). The molecule has 372 valence electrons. The molecule has 6 aromatic rings. The molecular weight excluding hydrogens is 1030 g/mol. The minimum atomic E-state index is -4.83. The van der Waals surface area contributed by atoms with E-state index in [1.54, 1.807) is 53.1 Å². The fourth-order valence-corrected chi connectivity index (χ4v) is 11.7. The van der Waals surface area contributed by atoms with Crippen LogP contribution < -0.4 is 20.7 Å². The van der Waals surface area contributed by atoms with Gasteiger partial charge in [0.1, 0.15) is 35.3 Å². The second kappa shape index (κ2) is 20.1. The first-order valence-corrected chi connectivity index (χ1v) is 26.6. The molecule has 1 spiro atoms. The molecule has 4 atom stereocenters. The molecule has 0 bridgehead atoms. The summed E-state index contributed by atoms with van der Waals surface area (Å²) in [4.78, 5) is 80.7. The molecule has 0 saturated carbocycles. The van der Waals surface area contributed by atoms with Gasteiger partial charge in [0.25, 0.3) is 11.8 Å². The van der Waals surface area contributed by atoms with E-state index in [4.69, 9.17) is 28.5 Å². The highest BCUT2D eigenvalue weighted by molar-refractivity contribution is 9.10. The van der Waals surface area contributed by atoms with Gasteiger partial charge < -0.3 is 64.7 Å². The number of fused-ring (bicyclic) bond motifs is 7. The van der Waals surface area contributed by atoms with E-state index in [-0.39, 0.29) is 57.1 Å². The van der Waals surface area contributed by atoms with E-state index in [2.05, 4.69) is 46.8 Å². The number of benzene rings is 4. The van der Waals surface area contributed by atoms with Crippen LogP contribution in [0.5, 0.6) is 23.0 Å². The van der Waals surface area contributed by atoms with Gasteiger partial charge in [-0.1, -0.05) is 31.0 Å². The molecule has 1 unspecified atom stereocenters. The van der Waals surface area contributed by atoms with Crippen LogP contribution in [0.4, 0.5) is 5.82 Å². The number of phenols is 2. The van der Waals surface area contributed by atoms with Crippen LogP contribution in [0.3, 0.4) is 0 Å². The molecule has 2 aromatic heterocycles. The summed E-state index contributed by atoms with van der Waals surface area (Å²) in [5.41, 5.74) is 2.59. The molecule has 0 radical (unpaired) electrons. The maximum atomic E-state index is 13.4. The number of carbonyl (C=O) groups is 3. The van der Waals surface area contributed by atoms with Gasteiger partial charge in [0.2, 0.25) is 4.73 Å². The van der Waals surface area contributed by atoms with Crippen LogP contribution in [0.1, 0.15) is 91.7 Å². The van der Waals surface area contributed by atoms with Crippen molar-refractivity contribution in [2.24, 2.45) is 0 Å². The number of hydrogen-bond acceptors (Lipinski definition) is 16. The molecule has 22 nitrogen and oxygen atoms in total. The Bertz CT molecular complexity index is 3100. The Balaban J connectivity index is 0.707. The van der Waals surface area contributed by atoms with Gasteiger partial charge in [-0.25, -0.2) is 19.7 Å². The first-order valence-electron chi connectivity index (χ1n) is 22.2. The SMILES string of the molecule is O=C(NCCCCCCNC(=O)c1ccc2c(c1)C(=O)OC21c2ccc(O)cc2Oc2cc(O)ccc21)c1ccc(CNc2nc(Br)nc3c2ncn3[C@H]2C[C@@H](O)[C@@H](COP(=O)(O)CP(=O)(O)O)O2)cc1. The number of carbonyl (C=O) groups excluding carboxylic acids is 3. The smallest absolute Gasteiger partial charge is 0.340 e. The number of aromatic nitrogens is 4. The van der Waals surface area contributed by atoms with Crippen molar-refractivity contribution in [2.75, 3.05) is 30.9 Å². The number of aliphatic hydroxyl groups is 1. The first kappa shape index (κ1) is 49.7.